The minimum absolute atomic E-state index is 0.0406. The van der Waals surface area contributed by atoms with Crippen LogP contribution in [0.3, 0.4) is 0 Å². The number of amides is 2. The van der Waals surface area contributed by atoms with Crippen molar-refractivity contribution in [2.24, 2.45) is 0 Å². The number of aromatic nitrogens is 1. The highest BCUT2D eigenvalue weighted by Gasteiger charge is 2.31. The van der Waals surface area contributed by atoms with Crippen LogP contribution in [-0.2, 0) is 0 Å². The Morgan fingerprint density at radius 2 is 2.19 bits per heavy atom. The third-order valence-electron chi connectivity index (χ3n) is 1.43. The number of ether oxygens (including phenoxy) is 1. The number of carbonyl (C=O) groups is 1. The predicted molar refractivity (Wildman–Crippen MR) is 49.0 cm³/mol. The van der Waals surface area contributed by atoms with E-state index in [0.717, 1.165) is 18.3 Å². The van der Waals surface area contributed by atoms with Crippen molar-refractivity contribution in [3.8, 4) is 5.75 Å². The second-order valence-electron chi connectivity index (χ2n) is 2.63. The Hall–Kier alpha value is -1.99. The number of nitrogens with zero attached hydrogens (tertiary/aromatic N) is 1. The van der Waals surface area contributed by atoms with E-state index in [9.17, 15) is 18.0 Å². The third-order valence-corrected chi connectivity index (χ3v) is 1.43. The molecule has 0 aliphatic heterocycles. The molecule has 0 spiro atoms. The maximum absolute atomic E-state index is 11.9. The SMILES string of the molecule is CNC(=O)Nc1cc(OC(F)(F)F)ccn1. The van der Waals surface area contributed by atoms with Gasteiger partial charge in [-0.2, -0.15) is 0 Å². The number of urea groups is 1. The van der Waals surface area contributed by atoms with Gasteiger partial charge in [-0.3, -0.25) is 5.32 Å². The van der Waals surface area contributed by atoms with Gasteiger partial charge in [0.2, 0.25) is 0 Å². The molecule has 0 aliphatic rings. The highest BCUT2D eigenvalue weighted by Crippen LogP contribution is 2.23. The maximum atomic E-state index is 11.9. The monoisotopic (exact) mass is 235 g/mol. The Labute approximate surface area is 88.6 Å². The van der Waals surface area contributed by atoms with Crippen molar-refractivity contribution in [2.75, 3.05) is 12.4 Å². The van der Waals surface area contributed by atoms with Crippen LogP contribution in [0.4, 0.5) is 23.8 Å². The van der Waals surface area contributed by atoms with Crippen LogP contribution in [0.1, 0.15) is 0 Å². The molecule has 0 saturated carbocycles. The second kappa shape index (κ2) is 4.69. The van der Waals surface area contributed by atoms with Gasteiger partial charge < -0.3 is 10.1 Å². The van der Waals surface area contributed by atoms with Gasteiger partial charge in [0, 0.05) is 19.3 Å². The topological polar surface area (TPSA) is 63.2 Å². The first kappa shape index (κ1) is 12.1. The molecule has 2 N–H and O–H groups in total. The summed E-state index contributed by atoms with van der Waals surface area (Å²) in [6.07, 6.45) is -3.68. The lowest BCUT2D eigenvalue weighted by Crippen LogP contribution is -2.25. The highest BCUT2D eigenvalue weighted by molar-refractivity contribution is 5.88. The fraction of sp³-hybridized carbons (Fsp3) is 0.250. The molecule has 16 heavy (non-hydrogen) atoms. The van der Waals surface area contributed by atoms with E-state index in [1.165, 1.54) is 7.05 Å². The van der Waals surface area contributed by atoms with Crippen LogP contribution in [0.5, 0.6) is 5.75 Å². The summed E-state index contributed by atoms with van der Waals surface area (Å²) in [6.45, 7) is 0. The fourth-order valence-electron chi connectivity index (χ4n) is 0.855. The van der Waals surface area contributed by atoms with Crippen molar-refractivity contribution in [2.45, 2.75) is 6.36 Å². The highest BCUT2D eigenvalue weighted by atomic mass is 19.4. The molecular formula is C8H8F3N3O2. The zero-order valence-corrected chi connectivity index (χ0v) is 8.13. The number of anilines is 1. The van der Waals surface area contributed by atoms with Crippen molar-refractivity contribution in [1.82, 2.24) is 10.3 Å². The summed E-state index contributed by atoms with van der Waals surface area (Å²) in [6, 6.07) is 1.40. The van der Waals surface area contributed by atoms with Gasteiger partial charge in [-0.25, -0.2) is 9.78 Å². The van der Waals surface area contributed by atoms with Gasteiger partial charge in [-0.15, -0.1) is 13.2 Å². The maximum Gasteiger partial charge on any atom is 0.573 e. The molecule has 1 aromatic rings. The van der Waals surface area contributed by atoms with Gasteiger partial charge in [-0.1, -0.05) is 0 Å². The van der Waals surface area contributed by atoms with Crippen molar-refractivity contribution >= 4 is 11.8 Å². The lowest BCUT2D eigenvalue weighted by molar-refractivity contribution is -0.274. The van der Waals surface area contributed by atoms with E-state index in [-0.39, 0.29) is 5.82 Å². The molecule has 0 saturated heterocycles. The zero-order chi connectivity index (χ0) is 12.2. The molecule has 2 amide bonds. The number of alkyl halides is 3. The first-order chi connectivity index (χ1) is 7.40. The smallest absolute Gasteiger partial charge is 0.406 e. The van der Waals surface area contributed by atoms with Crippen molar-refractivity contribution in [3.63, 3.8) is 0 Å². The summed E-state index contributed by atoms with van der Waals surface area (Å²) in [5.41, 5.74) is 0. The average Bonchev–Trinajstić information content (AvgIpc) is 2.15. The van der Waals surface area contributed by atoms with Crippen LogP contribution in [0.2, 0.25) is 0 Å². The van der Waals surface area contributed by atoms with Gasteiger partial charge in [0.05, 0.1) is 0 Å². The fourth-order valence-corrected chi connectivity index (χ4v) is 0.855. The number of carbonyl (C=O) groups excluding carboxylic acids is 1. The average molecular weight is 235 g/mol. The molecule has 0 aliphatic carbocycles. The van der Waals surface area contributed by atoms with Crippen LogP contribution in [-0.4, -0.2) is 24.4 Å². The van der Waals surface area contributed by atoms with Crippen molar-refractivity contribution in [1.29, 1.82) is 0 Å². The van der Waals surface area contributed by atoms with E-state index in [4.69, 9.17) is 0 Å². The molecular weight excluding hydrogens is 227 g/mol. The molecule has 1 rings (SSSR count). The molecule has 1 heterocycles. The van der Waals surface area contributed by atoms with E-state index < -0.39 is 18.1 Å². The molecule has 0 aromatic carbocycles. The van der Waals surface area contributed by atoms with Gasteiger partial charge in [0.25, 0.3) is 0 Å². The predicted octanol–water partition coefficient (Wildman–Crippen LogP) is 1.73. The second-order valence-corrected chi connectivity index (χ2v) is 2.63. The molecule has 88 valence electrons. The van der Waals surface area contributed by atoms with Crippen molar-refractivity contribution < 1.29 is 22.7 Å². The number of hydrogen-bond acceptors (Lipinski definition) is 3. The molecule has 5 nitrogen and oxygen atoms in total. The molecule has 8 heteroatoms. The number of halogens is 3. The van der Waals surface area contributed by atoms with Gasteiger partial charge in [0.1, 0.15) is 11.6 Å². The summed E-state index contributed by atoms with van der Waals surface area (Å²) in [5.74, 6) is -0.491. The normalized spacial score (nSPS) is 10.8. The minimum Gasteiger partial charge on any atom is -0.406 e. The van der Waals surface area contributed by atoms with Crippen LogP contribution in [0.25, 0.3) is 0 Å². The lowest BCUT2D eigenvalue weighted by Gasteiger charge is -2.09. The first-order valence-electron chi connectivity index (χ1n) is 4.11. The minimum atomic E-state index is -4.77. The quantitative estimate of drug-likeness (QED) is 0.820. The van der Waals surface area contributed by atoms with Crippen LogP contribution in [0, 0.1) is 0 Å². The molecule has 0 fully saturated rings. The summed E-state index contributed by atoms with van der Waals surface area (Å²) >= 11 is 0. The van der Waals surface area contributed by atoms with Gasteiger partial charge >= 0.3 is 12.4 Å². The Kier molecular flexibility index (Phi) is 3.54. The molecule has 0 atom stereocenters. The molecule has 0 radical (unpaired) electrons. The van der Waals surface area contributed by atoms with E-state index in [2.05, 4.69) is 20.4 Å². The summed E-state index contributed by atoms with van der Waals surface area (Å²) in [4.78, 5) is 14.5. The van der Waals surface area contributed by atoms with Crippen LogP contribution in [0.15, 0.2) is 18.3 Å². The first-order valence-corrected chi connectivity index (χ1v) is 4.11. The Morgan fingerprint density at radius 1 is 1.50 bits per heavy atom. The number of hydrogen-bond donors (Lipinski definition) is 2. The standard InChI is InChI=1S/C8H8F3N3O2/c1-12-7(15)14-6-4-5(2-3-13-6)16-8(9,10)11/h2-4H,1H3,(H2,12,13,14,15). The van der Waals surface area contributed by atoms with E-state index in [0.29, 0.717) is 0 Å². The largest absolute Gasteiger partial charge is 0.573 e. The number of rotatable bonds is 2. The van der Waals surface area contributed by atoms with E-state index in [1.54, 1.807) is 0 Å². The molecule has 0 unspecified atom stereocenters. The third kappa shape index (κ3) is 4.03. The van der Waals surface area contributed by atoms with Gasteiger partial charge in [-0.05, 0) is 6.07 Å². The number of nitrogens with one attached hydrogen (secondary N) is 2. The Bertz CT molecular complexity index is 381. The summed E-state index contributed by atoms with van der Waals surface area (Å²) < 4.78 is 39.2. The van der Waals surface area contributed by atoms with E-state index in [1.807, 2.05) is 0 Å². The van der Waals surface area contributed by atoms with Crippen LogP contribution >= 0.6 is 0 Å². The van der Waals surface area contributed by atoms with Crippen LogP contribution < -0.4 is 15.4 Å². The van der Waals surface area contributed by atoms with Crippen molar-refractivity contribution in [3.05, 3.63) is 18.3 Å². The molecule has 1 aromatic heterocycles. The van der Waals surface area contributed by atoms with Gasteiger partial charge in [0.15, 0.2) is 0 Å². The Balaban J connectivity index is 2.75. The van der Waals surface area contributed by atoms with E-state index >= 15 is 0 Å². The number of pyridine rings is 1. The lowest BCUT2D eigenvalue weighted by atomic mass is 10.4. The summed E-state index contributed by atoms with van der Waals surface area (Å²) in [7, 11) is 1.37. The molecule has 0 bridgehead atoms. The summed E-state index contributed by atoms with van der Waals surface area (Å²) in [5, 5.41) is 4.44. The zero-order valence-electron chi connectivity index (χ0n) is 8.13. The Morgan fingerprint density at radius 3 is 2.75 bits per heavy atom.